The molecule has 0 N–H and O–H groups in total. The van der Waals surface area contributed by atoms with Gasteiger partial charge in [-0.05, 0) is 6.92 Å². The topological polar surface area (TPSA) is 36.9 Å². The Morgan fingerprint density at radius 3 is 2.33 bits per heavy atom. The first-order chi connectivity index (χ1) is 5.73. The molecule has 0 aliphatic carbocycles. The molecule has 1 atom stereocenters. The van der Waals surface area contributed by atoms with Gasteiger partial charge < -0.3 is 18.9 Å². The van der Waals surface area contributed by atoms with E-state index in [1.54, 1.807) is 14.2 Å². The first-order valence-corrected chi connectivity index (χ1v) is 4.02. The van der Waals surface area contributed by atoms with Gasteiger partial charge in [-0.25, -0.2) is 0 Å². The largest absolute Gasteiger partial charge is 0.376 e. The average Bonchev–Trinajstić information content (AvgIpc) is 2.18. The van der Waals surface area contributed by atoms with Crippen LogP contribution in [0.25, 0.3) is 0 Å². The third kappa shape index (κ3) is 1.95. The maximum absolute atomic E-state index is 5.45. The lowest BCUT2D eigenvalue weighted by Crippen LogP contribution is -2.49. The van der Waals surface area contributed by atoms with Gasteiger partial charge in [0.1, 0.15) is 6.10 Å². The molecule has 0 amide bonds. The summed E-state index contributed by atoms with van der Waals surface area (Å²) in [7, 11) is 3.20. The summed E-state index contributed by atoms with van der Waals surface area (Å²) in [5.74, 6) is -0.694. The molecule has 0 aromatic carbocycles. The summed E-state index contributed by atoms with van der Waals surface area (Å²) in [6.45, 7) is 3.62. The lowest BCUT2D eigenvalue weighted by molar-refractivity contribution is -0.282. The lowest BCUT2D eigenvalue weighted by atomic mass is 10.1. The molecule has 1 saturated heterocycles. The molecule has 1 unspecified atom stereocenters. The van der Waals surface area contributed by atoms with Gasteiger partial charge in [0.15, 0.2) is 5.79 Å². The van der Waals surface area contributed by atoms with Crippen LogP contribution in [0.3, 0.4) is 0 Å². The third-order valence-corrected chi connectivity index (χ3v) is 2.21. The van der Waals surface area contributed by atoms with Crippen LogP contribution >= 0.6 is 0 Å². The highest BCUT2D eigenvalue weighted by molar-refractivity contribution is 4.76. The smallest absolute Gasteiger partial charge is 0.193 e. The fourth-order valence-corrected chi connectivity index (χ4v) is 1.14. The molecule has 4 nitrogen and oxygen atoms in total. The number of ether oxygens (including phenoxy) is 4. The Kier molecular flexibility index (Phi) is 3.46. The number of hydrogen-bond acceptors (Lipinski definition) is 4. The van der Waals surface area contributed by atoms with Gasteiger partial charge in [0, 0.05) is 14.2 Å². The molecule has 1 heterocycles. The Labute approximate surface area is 72.7 Å². The Hall–Kier alpha value is -0.160. The minimum Gasteiger partial charge on any atom is -0.376 e. The highest BCUT2D eigenvalue weighted by Gasteiger charge is 2.36. The second kappa shape index (κ2) is 4.18. The van der Waals surface area contributed by atoms with Crippen molar-refractivity contribution in [2.75, 3.05) is 34.0 Å². The van der Waals surface area contributed by atoms with Gasteiger partial charge >= 0.3 is 0 Å². The van der Waals surface area contributed by atoms with Gasteiger partial charge in [0.2, 0.25) is 0 Å². The van der Waals surface area contributed by atoms with Crippen molar-refractivity contribution in [1.29, 1.82) is 0 Å². The summed E-state index contributed by atoms with van der Waals surface area (Å²) >= 11 is 0. The zero-order valence-corrected chi connectivity index (χ0v) is 7.83. The second-order valence-electron chi connectivity index (χ2n) is 2.86. The summed E-state index contributed by atoms with van der Waals surface area (Å²) in [5.41, 5.74) is 0. The van der Waals surface area contributed by atoms with E-state index in [1.807, 2.05) is 6.92 Å². The van der Waals surface area contributed by atoms with E-state index in [0.29, 0.717) is 19.8 Å². The predicted octanol–water partition coefficient (Wildman–Crippen LogP) is 0.411. The predicted molar refractivity (Wildman–Crippen MR) is 43.0 cm³/mol. The molecule has 0 aromatic rings. The Bertz CT molecular complexity index is 127. The maximum Gasteiger partial charge on any atom is 0.193 e. The zero-order chi connectivity index (χ0) is 9.03. The Morgan fingerprint density at radius 2 is 1.92 bits per heavy atom. The van der Waals surface area contributed by atoms with Gasteiger partial charge in [0.05, 0.1) is 19.8 Å². The normalized spacial score (nSPS) is 25.8. The minimum absolute atomic E-state index is 0.138. The first kappa shape index (κ1) is 9.92. The highest BCUT2D eigenvalue weighted by Crippen LogP contribution is 2.20. The average molecular weight is 176 g/mol. The van der Waals surface area contributed by atoms with Crippen LogP contribution in [-0.4, -0.2) is 45.9 Å². The SMILES string of the molecule is COC(C)(OC)C1COCCO1. The third-order valence-electron chi connectivity index (χ3n) is 2.21. The van der Waals surface area contributed by atoms with Gasteiger partial charge in [-0.2, -0.15) is 0 Å². The van der Waals surface area contributed by atoms with Crippen LogP contribution < -0.4 is 0 Å². The summed E-state index contributed by atoms with van der Waals surface area (Å²) in [6, 6.07) is 0. The van der Waals surface area contributed by atoms with Crippen LogP contribution in [0.15, 0.2) is 0 Å². The van der Waals surface area contributed by atoms with E-state index in [4.69, 9.17) is 18.9 Å². The van der Waals surface area contributed by atoms with E-state index in [1.165, 1.54) is 0 Å². The number of methoxy groups -OCH3 is 2. The van der Waals surface area contributed by atoms with Crippen molar-refractivity contribution in [3.63, 3.8) is 0 Å². The summed E-state index contributed by atoms with van der Waals surface area (Å²) in [4.78, 5) is 0. The van der Waals surface area contributed by atoms with Crippen molar-refractivity contribution in [1.82, 2.24) is 0 Å². The molecule has 1 aliphatic heterocycles. The molecular weight excluding hydrogens is 160 g/mol. The summed E-state index contributed by atoms with van der Waals surface area (Å²) < 4.78 is 21.1. The molecule has 0 saturated carbocycles. The van der Waals surface area contributed by atoms with Crippen LogP contribution in [0.4, 0.5) is 0 Å². The van der Waals surface area contributed by atoms with E-state index in [2.05, 4.69) is 0 Å². The van der Waals surface area contributed by atoms with E-state index in [0.717, 1.165) is 0 Å². The zero-order valence-electron chi connectivity index (χ0n) is 7.83. The molecular formula is C8H16O4. The maximum atomic E-state index is 5.45. The molecule has 1 aliphatic rings. The molecule has 4 heteroatoms. The van der Waals surface area contributed by atoms with E-state index >= 15 is 0 Å². The van der Waals surface area contributed by atoms with Crippen molar-refractivity contribution >= 4 is 0 Å². The van der Waals surface area contributed by atoms with Crippen LogP contribution in [0, 0.1) is 0 Å². The van der Waals surface area contributed by atoms with Crippen molar-refractivity contribution in [2.24, 2.45) is 0 Å². The van der Waals surface area contributed by atoms with E-state index < -0.39 is 5.79 Å². The van der Waals surface area contributed by atoms with Crippen LogP contribution in [0.2, 0.25) is 0 Å². The Morgan fingerprint density at radius 1 is 1.25 bits per heavy atom. The fourth-order valence-electron chi connectivity index (χ4n) is 1.14. The van der Waals surface area contributed by atoms with Gasteiger partial charge in [0.25, 0.3) is 0 Å². The molecule has 1 rings (SSSR count). The summed E-state index contributed by atoms with van der Waals surface area (Å²) in [5, 5.41) is 0. The molecule has 1 fully saturated rings. The van der Waals surface area contributed by atoms with Gasteiger partial charge in [-0.15, -0.1) is 0 Å². The highest BCUT2D eigenvalue weighted by atomic mass is 16.7. The molecule has 12 heavy (non-hydrogen) atoms. The number of hydrogen-bond donors (Lipinski definition) is 0. The minimum atomic E-state index is -0.694. The molecule has 0 radical (unpaired) electrons. The lowest BCUT2D eigenvalue weighted by Gasteiger charge is -2.36. The van der Waals surface area contributed by atoms with Gasteiger partial charge in [-0.1, -0.05) is 0 Å². The van der Waals surface area contributed by atoms with E-state index in [-0.39, 0.29) is 6.10 Å². The van der Waals surface area contributed by atoms with Crippen LogP contribution in [0.5, 0.6) is 0 Å². The first-order valence-electron chi connectivity index (χ1n) is 4.02. The van der Waals surface area contributed by atoms with Gasteiger partial charge in [-0.3, -0.25) is 0 Å². The van der Waals surface area contributed by atoms with Crippen molar-refractivity contribution in [2.45, 2.75) is 18.8 Å². The summed E-state index contributed by atoms with van der Waals surface area (Å²) in [6.07, 6.45) is -0.138. The van der Waals surface area contributed by atoms with Crippen LogP contribution in [-0.2, 0) is 18.9 Å². The molecule has 0 spiro atoms. The quantitative estimate of drug-likeness (QED) is 0.584. The van der Waals surface area contributed by atoms with E-state index in [9.17, 15) is 0 Å². The fraction of sp³-hybridized carbons (Fsp3) is 1.00. The Balaban J connectivity index is 2.51. The van der Waals surface area contributed by atoms with Crippen molar-refractivity contribution in [3.05, 3.63) is 0 Å². The van der Waals surface area contributed by atoms with Crippen molar-refractivity contribution in [3.8, 4) is 0 Å². The second-order valence-corrected chi connectivity index (χ2v) is 2.86. The standard InChI is InChI=1S/C8H16O4/c1-8(9-2,10-3)7-6-11-4-5-12-7/h7H,4-6H2,1-3H3. The molecule has 72 valence electrons. The molecule has 0 aromatic heterocycles. The van der Waals surface area contributed by atoms with Crippen molar-refractivity contribution < 1.29 is 18.9 Å². The number of rotatable bonds is 3. The molecule has 0 bridgehead atoms. The monoisotopic (exact) mass is 176 g/mol. The van der Waals surface area contributed by atoms with Crippen LogP contribution in [0.1, 0.15) is 6.92 Å².